The first-order chi connectivity index (χ1) is 9.29. The van der Waals surface area contributed by atoms with Crippen LogP contribution >= 0.6 is 0 Å². The highest BCUT2D eigenvalue weighted by molar-refractivity contribution is 5.77. The molecule has 104 valence electrons. The van der Waals surface area contributed by atoms with Gasteiger partial charge in [-0.2, -0.15) is 0 Å². The predicted molar refractivity (Wildman–Crippen MR) is 75.2 cm³/mol. The second kappa shape index (κ2) is 7.14. The third-order valence-electron chi connectivity index (χ3n) is 3.37. The van der Waals surface area contributed by atoms with E-state index in [2.05, 4.69) is 12.2 Å². The summed E-state index contributed by atoms with van der Waals surface area (Å²) in [6.45, 7) is 4.82. The molecule has 1 amide bonds. The minimum atomic E-state index is 0.0754. The molecule has 1 aliphatic rings. The summed E-state index contributed by atoms with van der Waals surface area (Å²) < 4.78 is 5.50. The van der Waals surface area contributed by atoms with Crippen LogP contribution in [-0.2, 0) is 4.79 Å². The van der Waals surface area contributed by atoms with Gasteiger partial charge in [-0.1, -0.05) is 25.1 Å². The molecule has 0 radical (unpaired) electrons. The van der Waals surface area contributed by atoms with Gasteiger partial charge < -0.3 is 15.0 Å². The van der Waals surface area contributed by atoms with Crippen molar-refractivity contribution in [3.63, 3.8) is 0 Å². The van der Waals surface area contributed by atoms with Crippen LogP contribution in [0, 0.1) is 0 Å². The van der Waals surface area contributed by atoms with Crippen LogP contribution < -0.4 is 10.1 Å². The Hall–Kier alpha value is -1.55. The maximum atomic E-state index is 12.1. The lowest BCUT2D eigenvalue weighted by Crippen LogP contribution is -2.49. The van der Waals surface area contributed by atoms with Gasteiger partial charge in [0.15, 0.2) is 6.61 Å². The molecule has 0 spiro atoms. The predicted octanol–water partition coefficient (Wildman–Crippen LogP) is 1.67. The summed E-state index contributed by atoms with van der Waals surface area (Å²) in [5.41, 5.74) is 0. The van der Waals surface area contributed by atoms with E-state index in [-0.39, 0.29) is 12.5 Å². The normalized spacial score (nSPS) is 19.2. The van der Waals surface area contributed by atoms with Gasteiger partial charge in [0.05, 0.1) is 0 Å². The number of hydrogen-bond donors (Lipinski definition) is 1. The van der Waals surface area contributed by atoms with Crippen LogP contribution in [0.5, 0.6) is 5.75 Å². The third kappa shape index (κ3) is 4.24. The highest BCUT2D eigenvalue weighted by Crippen LogP contribution is 2.12. The molecule has 1 saturated heterocycles. The van der Waals surface area contributed by atoms with Crippen LogP contribution in [0.2, 0.25) is 0 Å². The van der Waals surface area contributed by atoms with Crippen LogP contribution in [-0.4, -0.2) is 43.1 Å². The van der Waals surface area contributed by atoms with Gasteiger partial charge in [-0.05, 0) is 31.5 Å². The first kappa shape index (κ1) is 13.9. The van der Waals surface area contributed by atoms with Crippen molar-refractivity contribution < 1.29 is 9.53 Å². The topological polar surface area (TPSA) is 41.6 Å². The van der Waals surface area contributed by atoms with E-state index >= 15 is 0 Å². The Morgan fingerprint density at radius 3 is 2.95 bits per heavy atom. The molecule has 1 unspecified atom stereocenters. The molecule has 0 aliphatic carbocycles. The lowest BCUT2D eigenvalue weighted by Gasteiger charge is -2.33. The zero-order valence-corrected chi connectivity index (χ0v) is 11.5. The Kier molecular flexibility index (Phi) is 5.21. The Balaban J connectivity index is 1.79. The molecule has 2 rings (SSSR count). The van der Waals surface area contributed by atoms with Gasteiger partial charge in [0.1, 0.15) is 5.75 Å². The van der Waals surface area contributed by atoms with Crippen molar-refractivity contribution >= 4 is 5.91 Å². The van der Waals surface area contributed by atoms with Gasteiger partial charge in [-0.25, -0.2) is 0 Å². The monoisotopic (exact) mass is 262 g/mol. The summed E-state index contributed by atoms with van der Waals surface area (Å²) in [7, 11) is 0. The number of carbonyl (C=O) groups excluding carboxylic acids is 1. The standard InChI is InChI=1S/C15H22N2O2/c1-2-16-13-7-6-10-17(11-13)15(18)12-19-14-8-4-3-5-9-14/h3-5,8-9,13,16H,2,6-7,10-12H2,1H3. The van der Waals surface area contributed by atoms with E-state index < -0.39 is 0 Å². The van der Waals surface area contributed by atoms with Gasteiger partial charge >= 0.3 is 0 Å². The van der Waals surface area contributed by atoms with Crippen molar-refractivity contribution in [1.82, 2.24) is 10.2 Å². The van der Waals surface area contributed by atoms with Gasteiger partial charge in [-0.3, -0.25) is 4.79 Å². The second-order valence-corrected chi connectivity index (χ2v) is 4.84. The molecule has 1 aliphatic heterocycles. The Morgan fingerprint density at radius 2 is 2.21 bits per heavy atom. The minimum Gasteiger partial charge on any atom is -0.484 e. The number of hydrogen-bond acceptors (Lipinski definition) is 3. The number of likely N-dealkylation sites (N-methyl/N-ethyl adjacent to an activating group) is 1. The number of rotatable bonds is 5. The molecule has 1 aromatic carbocycles. The van der Waals surface area contributed by atoms with E-state index in [4.69, 9.17) is 4.74 Å². The average Bonchev–Trinajstić information content (AvgIpc) is 2.46. The highest BCUT2D eigenvalue weighted by Gasteiger charge is 2.23. The summed E-state index contributed by atoms with van der Waals surface area (Å²) >= 11 is 0. The quantitative estimate of drug-likeness (QED) is 0.877. The summed E-state index contributed by atoms with van der Waals surface area (Å²) in [4.78, 5) is 14.0. The number of nitrogens with zero attached hydrogens (tertiary/aromatic N) is 1. The molecule has 1 fully saturated rings. The smallest absolute Gasteiger partial charge is 0.260 e. The lowest BCUT2D eigenvalue weighted by molar-refractivity contribution is -0.134. The molecular formula is C15H22N2O2. The maximum absolute atomic E-state index is 12.1. The number of carbonyl (C=O) groups is 1. The molecule has 0 saturated carbocycles. The zero-order valence-electron chi connectivity index (χ0n) is 11.5. The maximum Gasteiger partial charge on any atom is 0.260 e. The second-order valence-electron chi connectivity index (χ2n) is 4.84. The molecular weight excluding hydrogens is 240 g/mol. The molecule has 1 N–H and O–H groups in total. The van der Waals surface area contributed by atoms with E-state index in [0.717, 1.165) is 38.2 Å². The number of benzene rings is 1. The van der Waals surface area contributed by atoms with E-state index in [1.165, 1.54) is 0 Å². The van der Waals surface area contributed by atoms with Crippen molar-refractivity contribution in [2.24, 2.45) is 0 Å². The third-order valence-corrected chi connectivity index (χ3v) is 3.37. The summed E-state index contributed by atoms with van der Waals surface area (Å²) in [6.07, 6.45) is 2.21. The molecule has 1 aromatic rings. The summed E-state index contributed by atoms with van der Waals surface area (Å²) in [5, 5.41) is 3.41. The van der Waals surface area contributed by atoms with Crippen LogP contribution in [0.1, 0.15) is 19.8 Å². The van der Waals surface area contributed by atoms with E-state index in [1.807, 2.05) is 35.2 Å². The molecule has 1 atom stereocenters. The Bertz CT molecular complexity index is 392. The number of amides is 1. The SMILES string of the molecule is CCNC1CCCN(C(=O)COc2ccccc2)C1. The Labute approximate surface area is 114 Å². The van der Waals surface area contributed by atoms with E-state index in [0.29, 0.717) is 6.04 Å². The summed E-state index contributed by atoms with van der Waals surface area (Å²) in [6, 6.07) is 9.90. The number of piperidine rings is 1. The van der Waals surface area contributed by atoms with Crippen molar-refractivity contribution in [3.05, 3.63) is 30.3 Å². The van der Waals surface area contributed by atoms with Crippen LogP contribution in [0.3, 0.4) is 0 Å². The fourth-order valence-electron chi connectivity index (χ4n) is 2.41. The Morgan fingerprint density at radius 1 is 1.42 bits per heavy atom. The van der Waals surface area contributed by atoms with Crippen molar-refractivity contribution in [1.29, 1.82) is 0 Å². The lowest BCUT2D eigenvalue weighted by atomic mass is 10.1. The molecule has 0 bridgehead atoms. The molecule has 1 heterocycles. The molecule has 0 aromatic heterocycles. The molecule has 19 heavy (non-hydrogen) atoms. The van der Waals surface area contributed by atoms with Crippen molar-refractivity contribution in [2.75, 3.05) is 26.2 Å². The summed E-state index contributed by atoms with van der Waals surface area (Å²) in [5.74, 6) is 0.822. The first-order valence-electron chi connectivity index (χ1n) is 6.98. The van der Waals surface area contributed by atoms with Gasteiger partial charge in [0.2, 0.25) is 0 Å². The van der Waals surface area contributed by atoms with E-state index in [9.17, 15) is 4.79 Å². The van der Waals surface area contributed by atoms with Crippen molar-refractivity contribution in [2.45, 2.75) is 25.8 Å². The highest BCUT2D eigenvalue weighted by atomic mass is 16.5. The number of ether oxygens (including phenoxy) is 1. The van der Waals surface area contributed by atoms with Crippen LogP contribution in [0.15, 0.2) is 30.3 Å². The first-order valence-corrected chi connectivity index (χ1v) is 6.98. The van der Waals surface area contributed by atoms with Gasteiger partial charge in [0.25, 0.3) is 5.91 Å². The number of nitrogens with one attached hydrogen (secondary N) is 1. The largest absolute Gasteiger partial charge is 0.484 e. The number of para-hydroxylation sites is 1. The van der Waals surface area contributed by atoms with Gasteiger partial charge in [-0.15, -0.1) is 0 Å². The minimum absolute atomic E-state index is 0.0754. The average molecular weight is 262 g/mol. The zero-order chi connectivity index (χ0) is 13.5. The van der Waals surface area contributed by atoms with Crippen LogP contribution in [0.25, 0.3) is 0 Å². The fourth-order valence-corrected chi connectivity index (χ4v) is 2.41. The molecule has 4 nitrogen and oxygen atoms in total. The molecule has 4 heteroatoms. The van der Waals surface area contributed by atoms with Gasteiger partial charge in [0, 0.05) is 19.1 Å². The fraction of sp³-hybridized carbons (Fsp3) is 0.533. The van der Waals surface area contributed by atoms with E-state index in [1.54, 1.807) is 0 Å². The van der Waals surface area contributed by atoms with Crippen LogP contribution in [0.4, 0.5) is 0 Å². The number of likely N-dealkylation sites (tertiary alicyclic amines) is 1. The van der Waals surface area contributed by atoms with Crippen molar-refractivity contribution in [3.8, 4) is 5.75 Å².